The van der Waals surface area contributed by atoms with Gasteiger partial charge in [0.05, 0.1) is 12.3 Å². The monoisotopic (exact) mass is 369 g/mol. The average molecular weight is 369 g/mol. The van der Waals surface area contributed by atoms with Crippen molar-refractivity contribution in [3.8, 4) is 17.0 Å². The normalized spacial score (nSPS) is 10.7. The van der Waals surface area contributed by atoms with Gasteiger partial charge in [-0.25, -0.2) is 0 Å². The van der Waals surface area contributed by atoms with Gasteiger partial charge in [-0.3, -0.25) is 9.89 Å². The van der Waals surface area contributed by atoms with Gasteiger partial charge in [0.1, 0.15) is 11.4 Å². The third-order valence-corrected chi connectivity index (χ3v) is 4.91. The van der Waals surface area contributed by atoms with Crippen LogP contribution in [0.25, 0.3) is 11.3 Å². The van der Waals surface area contributed by atoms with Crippen LogP contribution in [0, 0.1) is 0 Å². The Kier molecular flexibility index (Phi) is 6.44. The van der Waals surface area contributed by atoms with E-state index in [0.717, 1.165) is 42.9 Å². The lowest BCUT2D eigenvalue weighted by atomic mass is 10.1. The molecular formula is C20H23N3O2S. The molecule has 2 N–H and O–H groups in total. The number of benzene rings is 1. The summed E-state index contributed by atoms with van der Waals surface area (Å²) in [7, 11) is 0. The van der Waals surface area contributed by atoms with Gasteiger partial charge >= 0.3 is 0 Å². The van der Waals surface area contributed by atoms with E-state index in [9.17, 15) is 4.79 Å². The minimum Gasteiger partial charge on any atom is -0.494 e. The van der Waals surface area contributed by atoms with E-state index < -0.39 is 0 Å². The van der Waals surface area contributed by atoms with Crippen LogP contribution in [0.4, 0.5) is 0 Å². The smallest absolute Gasteiger partial charge is 0.269 e. The van der Waals surface area contributed by atoms with Crippen LogP contribution in [0.3, 0.4) is 0 Å². The Morgan fingerprint density at radius 2 is 2.12 bits per heavy atom. The summed E-state index contributed by atoms with van der Waals surface area (Å²) in [4.78, 5) is 13.5. The Bertz CT molecular complexity index is 810. The van der Waals surface area contributed by atoms with Crippen molar-refractivity contribution >= 4 is 17.2 Å². The maximum absolute atomic E-state index is 12.2. The number of nitrogens with zero attached hydrogens (tertiary/aromatic N) is 1. The summed E-state index contributed by atoms with van der Waals surface area (Å²) < 4.78 is 5.66. The van der Waals surface area contributed by atoms with Crippen molar-refractivity contribution in [3.05, 3.63) is 58.4 Å². The van der Waals surface area contributed by atoms with Crippen molar-refractivity contribution in [1.29, 1.82) is 0 Å². The van der Waals surface area contributed by atoms with Crippen molar-refractivity contribution in [3.63, 3.8) is 0 Å². The zero-order valence-corrected chi connectivity index (χ0v) is 15.6. The molecule has 0 bridgehead atoms. The number of H-pyrrole nitrogens is 1. The largest absolute Gasteiger partial charge is 0.494 e. The molecule has 0 radical (unpaired) electrons. The van der Waals surface area contributed by atoms with Gasteiger partial charge in [0.2, 0.25) is 0 Å². The molecule has 0 aliphatic carbocycles. The van der Waals surface area contributed by atoms with Crippen molar-refractivity contribution < 1.29 is 9.53 Å². The summed E-state index contributed by atoms with van der Waals surface area (Å²) >= 11 is 1.70. The zero-order chi connectivity index (χ0) is 18.2. The zero-order valence-electron chi connectivity index (χ0n) is 14.8. The third-order valence-electron chi connectivity index (χ3n) is 3.98. The van der Waals surface area contributed by atoms with Crippen LogP contribution < -0.4 is 10.1 Å². The maximum atomic E-state index is 12.2. The van der Waals surface area contributed by atoms with E-state index in [0.29, 0.717) is 12.2 Å². The molecule has 0 fully saturated rings. The molecular weight excluding hydrogens is 346 g/mol. The van der Waals surface area contributed by atoms with E-state index in [1.54, 1.807) is 17.4 Å². The molecule has 0 saturated heterocycles. The molecule has 1 aromatic carbocycles. The number of thiophene rings is 1. The number of nitrogens with one attached hydrogen (secondary N) is 2. The summed E-state index contributed by atoms with van der Waals surface area (Å²) in [5.74, 6) is 0.712. The molecule has 3 aromatic rings. The van der Waals surface area contributed by atoms with Gasteiger partial charge in [0.25, 0.3) is 5.91 Å². The predicted octanol–water partition coefficient (Wildman–Crippen LogP) is 4.29. The van der Waals surface area contributed by atoms with Crippen LogP contribution in [0.2, 0.25) is 0 Å². The number of hydrogen-bond acceptors (Lipinski definition) is 4. The quantitative estimate of drug-likeness (QED) is 0.553. The molecule has 5 nitrogen and oxygen atoms in total. The van der Waals surface area contributed by atoms with Gasteiger partial charge < -0.3 is 10.1 Å². The molecule has 0 spiro atoms. The number of rotatable bonds is 9. The topological polar surface area (TPSA) is 67.0 Å². The lowest BCUT2D eigenvalue weighted by molar-refractivity contribution is 0.0949. The van der Waals surface area contributed by atoms with E-state index in [-0.39, 0.29) is 5.91 Å². The third kappa shape index (κ3) is 4.95. The van der Waals surface area contributed by atoms with Crippen molar-refractivity contribution in [2.24, 2.45) is 0 Å². The molecule has 6 heteroatoms. The highest BCUT2D eigenvalue weighted by atomic mass is 32.1. The molecule has 0 aliphatic heterocycles. The van der Waals surface area contributed by atoms with Gasteiger partial charge in [-0.05, 0) is 54.6 Å². The van der Waals surface area contributed by atoms with E-state index >= 15 is 0 Å². The molecule has 0 saturated carbocycles. The number of aromatic nitrogens is 2. The molecule has 0 atom stereocenters. The van der Waals surface area contributed by atoms with Gasteiger partial charge in [0.15, 0.2) is 0 Å². The van der Waals surface area contributed by atoms with E-state index in [1.165, 1.54) is 4.88 Å². The fraction of sp³-hybridized carbons (Fsp3) is 0.300. The first-order valence-corrected chi connectivity index (χ1v) is 9.73. The van der Waals surface area contributed by atoms with Crippen LogP contribution in [0.5, 0.6) is 5.75 Å². The molecule has 0 unspecified atom stereocenters. The second-order valence-corrected chi connectivity index (χ2v) is 7.01. The number of carbonyl (C=O) groups excluding carboxylic acids is 1. The summed E-state index contributed by atoms with van der Waals surface area (Å²) in [6.45, 7) is 3.48. The summed E-state index contributed by atoms with van der Waals surface area (Å²) in [5, 5.41) is 12.0. The van der Waals surface area contributed by atoms with Gasteiger partial charge in [-0.15, -0.1) is 11.3 Å². The molecule has 1 amide bonds. The highest BCUT2D eigenvalue weighted by Crippen LogP contribution is 2.21. The van der Waals surface area contributed by atoms with Crippen molar-refractivity contribution in [2.45, 2.75) is 26.2 Å². The van der Waals surface area contributed by atoms with Crippen LogP contribution in [0.15, 0.2) is 47.8 Å². The maximum Gasteiger partial charge on any atom is 0.269 e. The standard InChI is InChI=1S/C20H23N3O2S/c1-2-3-12-25-16-8-6-15(7-9-16)18-14-19(23-22-18)20(24)21-11-10-17-5-4-13-26-17/h4-9,13-14H,2-3,10-12H2,1H3,(H,21,24)(H,22,23). The van der Waals surface area contributed by atoms with Crippen molar-refractivity contribution in [2.75, 3.05) is 13.2 Å². The first kappa shape index (κ1) is 18.2. The predicted molar refractivity (Wildman–Crippen MR) is 105 cm³/mol. The Labute approximate surface area is 157 Å². The number of unbranched alkanes of at least 4 members (excludes halogenated alkanes) is 1. The highest BCUT2D eigenvalue weighted by Gasteiger charge is 2.11. The van der Waals surface area contributed by atoms with E-state index in [4.69, 9.17) is 4.74 Å². The highest BCUT2D eigenvalue weighted by molar-refractivity contribution is 7.09. The van der Waals surface area contributed by atoms with Gasteiger partial charge in [-0.2, -0.15) is 5.10 Å². The number of hydrogen-bond donors (Lipinski definition) is 2. The number of ether oxygens (including phenoxy) is 1. The molecule has 3 rings (SSSR count). The Morgan fingerprint density at radius 3 is 2.85 bits per heavy atom. The molecule has 26 heavy (non-hydrogen) atoms. The SMILES string of the molecule is CCCCOc1ccc(-c2cc(C(=O)NCCc3cccs3)[nH]n2)cc1. The first-order valence-electron chi connectivity index (χ1n) is 8.85. The van der Waals surface area contributed by atoms with Gasteiger partial charge in [0, 0.05) is 17.0 Å². The van der Waals surface area contributed by atoms with Crippen LogP contribution in [-0.4, -0.2) is 29.3 Å². The van der Waals surface area contributed by atoms with Crippen LogP contribution in [-0.2, 0) is 6.42 Å². The summed E-state index contributed by atoms with van der Waals surface area (Å²) in [6.07, 6.45) is 3.00. The fourth-order valence-corrected chi connectivity index (χ4v) is 3.20. The molecule has 2 aromatic heterocycles. The number of carbonyl (C=O) groups is 1. The summed E-state index contributed by atoms with van der Waals surface area (Å²) in [6, 6.07) is 13.6. The minimum absolute atomic E-state index is 0.139. The lowest BCUT2D eigenvalue weighted by Gasteiger charge is -2.05. The fourth-order valence-electron chi connectivity index (χ4n) is 2.49. The second-order valence-electron chi connectivity index (χ2n) is 5.98. The first-order chi connectivity index (χ1) is 12.8. The van der Waals surface area contributed by atoms with Gasteiger partial charge in [-0.1, -0.05) is 19.4 Å². The number of amides is 1. The second kappa shape index (κ2) is 9.20. The summed E-state index contributed by atoms with van der Waals surface area (Å²) in [5.41, 5.74) is 2.16. The average Bonchev–Trinajstić information content (AvgIpc) is 3.34. The Hall–Kier alpha value is -2.60. The lowest BCUT2D eigenvalue weighted by Crippen LogP contribution is -2.25. The van der Waals surface area contributed by atoms with Crippen LogP contribution >= 0.6 is 11.3 Å². The van der Waals surface area contributed by atoms with E-state index in [1.807, 2.05) is 35.7 Å². The van der Waals surface area contributed by atoms with Crippen molar-refractivity contribution in [1.82, 2.24) is 15.5 Å². The Morgan fingerprint density at radius 1 is 1.27 bits per heavy atom. The minimum atomic E-state index is -0.139. The molecule has 2 heterocycles. The number of aromatic amines is 1. The van der Waals surface area contributed by atoms with Crippen LogP contribution in [0.1, 0.15) is 35.1 Å². The van der Waals surface area contributed by atoms with E-state index in [2.05, 4.69) is 28.5 Å². The molecule has 136 valence electrons. The Balaban J connectivity index is 1.54. The molecule has 0 aliphatic rings.